The van der Waals surface area contributed by atoms with Crippen molar-refractivity contribution < 1.29 is 14.4 Å². The number of carbonyl (C=O) groups is 3. The van der Waals surface area contributed by atoms with Crippen molar-refractivity contribution in [3.8, 4) is 0 Å². The van der Waals surface area contributed by atoms with Crippen molar-refractivity contribution in [2.24, 2.45) is 0 Å². The molecule has 3 rings (SSSR count). The van der Waals surface area contributed by atoms with E-state index in [9.17, 15) is 14.4 Å². The van der Waals surface area contributed by atoms with Gasteiger partial charge >= 0.3 is 6.03 Å². The van der Waals surface area contributed by atoms with Gasteiger partial charge in [-0.1, -0.05) is 12.8 Å². The molecule has 0 unspecified atom stereocenters. The standard InChI is InChI=1S/C13H20N4O3/c18-10(16-7-5-14-6-8-16)9-17-11(19)13(15-12(17)20)3-1-2-4-13/h14H,1-9H2,(H,15,20). The summed E-state index contributed by atoms with van der Waals surface area (Å²) >= 11 is 0. The first-order chi connectivity index (χ1) is 9.62. The second kappa shape index (κ2) is 5.05. The molecule has 0 aromatic rings. The van der Waals surface area contributed by atoms with E-state index in [0.29, 0.717) is 25.9 Å². The van der Waals surface area contributed by atoms with Gasteiger partial charge < -0.3 is 15.5 Å². The third-order valence-electron chi connectivity index (χ3n) is 4.47. The first-order valence-corrected chi connectivity index (χ1v) is 7.25. The van der Waals surface area contributed by atoms with Crippen LogP contribution in [0.2, 0.25) is 0 Å². The molecule has 2 N–H and O–H groups in total. The van der Waals surface area contributed by atoms with Crippen molar-refractivity contribution in [2.45, 2.75) is 31.2 Å². The molecule has 2 aliphatic heterocycles. The first-order valence-electron chi connectivity index (χ1n) is 7.25. The summed E-state index contributed by atoms with van der Waals surface area (Å²) in [7, 11) is 0. The predicted molar refractivity (Wildman–Crippen MR) is 70.9 cm³/mol. The lowest BCUT2D eigenvalue weighted by Gasteiger charge is -2.28. The SMILES string of the molecule is O=C(CN1C(=O)NC2(CCCC2)C1=O)N1CCNCC1. The zero-order valence-corrected chi connectivity index (χ0v) is 11.5. The number of piperazine rings is 1. The van der Waals surface area contributed by atoms with Gasteiger partial charge in [-0.25, -0.2) is 4.79 Å². The monoisotopic (exact) mass is 280 g/mol. The van der Waals surface area contributed by atoms with E-state index < -0.39 is 11.6 Å². The summed E-state index contributed by atoms with van der Waals surface area (Å²) < 4.78 is 0. The molecule has 3 fully saturated rings. The summed E-state index contributed by atoms with van der Waals surface area (Å²) in [4.78, 5) is 39.4. The fourth-order valence-electron chi connectivity index (χ4n) is 3.29. The number of rotatable bonds is 2. The van der Waals surface area contributed by atoms with Crippen LogP contribution < -0.4 is 10.6 Å². The van der Waals surface area contributed by atoms with Gasteiger partial charge in [-0.05, 0) is 12.8 Å². The molecule has 0 aromatic carbocycles. The van der Waals surface area contributed by atoms with Crippen LogP contribution in [-0.4, -0.2) is 65.9 Å². The Morgan fingerprint density at radius 2 is 1.80 bits per heavy atom. The largest absolute Gasteiger partial charge is 0.339 e. The second-order valence-corrected chi connectivity index (χ2v) is 5.74. The van der Waals surface area contributed by atoms with Crippen LogP contribution in [0.25, 0.3) is 0 Å². The van der Waals surface area contributed by atoms with Gasteiger partial charge in [0.05, 0.1) is 0 Å². The zero-order chi connectivity index (χ0) is 14.2. The van der Waals surface area contributed by atoms with Crippen LogP contribution >= 0.6 is 0 Å². The molecule has 0 atom stereocenters. The highest BCUT2D eigenvalue weighted by Crippen LogP contribution is 2.34. The van der Waals surface area contributed by atoms with Crippen molar-refractivity contribution in [2.75, 3.05) is 32.7 Å². The van der Waals surface area contributed by atoms with Gasteiger partial charge in [0, 0.05) is 26.2 Å². The number of urea groups is 1. The van der Waals surface area contributed by atoms with Crippen molar-refractivity contribution in [1.82, 2.24) is 20.4 Å². The number of imide groups is 1. The van der Waals surface area contributed by atoms with Gasteiger partial charge in [0.1, 0.15) is 12.1 Å². The van der Waals surface area contributed by atoms with Crippen molar-refractivity contribution in [1.29, 1.82) is 0 Å². The summed E-state index contributed by atoms with van der Waals surface area (Å²) in [5.41, 5.74) is -0.721. The van der Waals surface area contributed by atoms with Crippen molar-refractivity contribution in [3.63, 3.8) is 0 Å². The molecule has 1 saturated carbocycles. The lowest BCUT2D eigenvalue weighted by atomic mass is 9.98. The number of amides is 4. The van der Waals surface area contributed by atoms with E-state index in [1.807, 2.05) is 0 Å². The first kappa shape index (κ1) is 13.4. The number of hydrogen-bond donors (Lipinski definition) is 2. The molecule has 0 radical (unpaired) electrons. The summed E-state index contributed by atoms with van der Waals surface area (Å²) in [6.45, 7) is 2.65. The Kier molecular flexibility index (Phi) is 3.37. The van der Waals surface area contributed by atoms with Crippen LogP contribution in [0.15, 0.2) is 0 Å². The molecule has 2 saturated heterocycles. The lowest BCUT2D eigenvalue weighted by molar-refractivity contribution is -0.139. The van der Waals surface area contributed by atoms with Gasteiger partial charge in [-0.2, -0.15) is 0 Å². The molecule has 0 aromatic heterocycles. The predicted octanol–water partition coefficient (Wildman–Crippen LogP) is -0.717. The van der Waals surface area contributed by atoms with Gasteiger partial charge in [0.2, 0.25) is 5.91 Å². The quantitative estimate of drug-likeness (QED) is 0.654. The molecule has 2 heterocycles. The molecule has 7 heteroatoms. The minimum atomic E-state index is -0.721. The van der Waals surface area contributed by atoms with Crippen LogP contribution in [0.4, 0.5) is 4.79 Å². The maximum Gasteiger partial charge on any atom is 0.325 e. The highest BCUT2D eigenvalue weighted by molar-refractivity contribution is 6.09. The minimum absolute atomic E-state index is 0.133. The summed E-state index contributed by atoms with van der Waals surface area (Å²) in [6, 6.07) is -0.416. The van der Waals surface area contributed by atoms with Gasteiger partial charge in [-0.3, -0.25) is 14.5 Å². The Hall–Kier alpha value is -1.63. The summed E-state index contributed by atoms with van der Waals surface area (Å²) in [5, 5.41) is 5.96. The molecule has 7 nitrogen and oxygen atoms in total. The van der Waals surface area contributed by atoms with E-state index in [2.05, 4.69) is 10.6 Å². The maximum atomic E-state index is 12.4. The third-order valence-corrected chi connectivity index (χ3v) is 4.47. The Bertz CT molecular complexity index is 439. The molecule has 1 aliphatic carbocycles. The fourth-order valence-corrected chi connectivity index (χ4v) is 3.29. The molecular weight excluding hydrogens is 260 g/mol. The number of nitrogens with zero attached hydrogens (tertiary/aromatic N) is 2. The van der Waals surface area contributed by atoms with E-state index in [-0.39, 0.29) is 18.4 Å². The Morgan fingerprint density at radius 3 is 2.45 bits per heavy atom. The third kappa shape index (κ3) is 2.15. The van der Waals surface area contributed by atoms with E-state index in [1.54, 1.807) is 4.90 Å². The molecule has 0 bridgehead atoms. The Labute approximate surface area is 117 Å². The van der Waals surface area contributed by atoms with Crippen LogP contribution in [-0.2, 0) is 9.59 Å². The van der Waals surface area contributed by atoms with Gasteiger partial charge in [-0.15, -0.1) is 0 Å². The number of carbonyl (C=O) groups excluding carboxylic acids is 3. The van der Waals surface area contributed by atoms with E-state index >= 15 is 0 Å². The van der Waals surface area contributed by atoms with Crippen molar-refractivity contribution in [3.05, 3.63) is 0 Å². The number of hydrogen-bond acceptors (Lipinski definition) is 4. The highest BCUT2D eigenvalue weighted by atomic mass is 16.2. The molecule has 110 valence electrons. The Morgan fingerprint density at radius 1 is 1.15 bits per heavy atom. The van der Waals surface area contributed by atoms with E-state index in [4.69, 9.17) is 0 Å². The van der Waals surface area contributed by atoms with Gasteiger partial charge in [0.25, 0.3) is 5.91 Å². The van der Waals surface area contributed by atoms with Crippen LogP contribution in [0.5, 0.6) is 0 Å². The van der Waals surface area contributed by atoms with Gasteiger partial charge in [0.15, 0.2) is 0 Å². The molecule has 20 heavy (non-hydrogen) atoms. The summed E-state index contributed by atoms with van der Waals surface area (Å²) in [6.07, 6.45) is 3.28. The molecular formula is C13H20N4O3. The molecule has 4 amide bonds. The highest BCUT2D eigenvalue weighted by Gasteiger charge is 2.52. The van der Waals surface area contributed by atoms with Crippen molar-refractivity contribution >= 4 is 17.8 Å². The normalized spacial score (nSPS) is 25.4. The van der Waals surface area contributed by atoms with E-state index in [1.165, 1.54) is 0 Å². The second-order valence-electron chi connectivity index (χ2n) is 5.74. The Balaban J connectivity index is 1.66. The van der Waals surface area contributed by atoms with E-state index in [0.717, 1.165) is 30.8 Å². The fraction of sp³-hybridized carbons (Fsp3) is 0.769. The lowest BCUT2D eigenvalue weighted by Crippen LogP contribution is -2.51. The van der Waals surface area contributed by atoms with Crippen LogP contribution in [0.1, 0.15) is 25.7 Å². The summed E-state index contributed by atoms with van der Waals surface area (Å²) in [5.74, 6) is -0.367. The smallest absolute Gasteiger partial charge is 0.325 e. The maximum absolute atomic E-state index is 12.4. The number of nitrogens with one attached hydrogen (secondary N) is 2. The average Bonchev–Trinajstić information content (AvgIpc) is 3.01. The molecule has 3 aliphatic rings. The van der Waals surface area contributed by atoms with Crippen LogP contribution in [0, 0.1) is 0 Å². The topological polar surface area (TPSA) is 81.8 Å². The molecule has 1 spiro atoms. The zero-order valence-electron chi connectivity index (χ0n) is 11.5. The minimum Gasteiger partial charge on any atom is -0.339 e. The van der Waals surface area contributed by atoms with Crippen LogP contribution in [0.3, 0.4) is 0 Å². The average molecular weight is 280 g/mol.